The number of imide groups is 1. The van der Waals surface area contributed by atoms with E-state index in [1.165, 1.54) is 4.90 Å². The Morgan fingerprint density at radius 3 is 2.85 bits per heavy atom. The van der Waals surface area contributed by atoms with Gasteiger partial charge < -0.3 is 9.64 Å². The van der Waals surface area contributed by atoms with Crippen LogP contribution in [0.25, 0.3) is 0 Å². The second kappa shape index (κ2) is 5.65. The molecule has 4 N–H and O–H groups in total. The predicted molar refractivity (Wildman–Crippen MR) is 68.8 cm³/mol. The number of nitrogen functional groups attached to an aromatic ring is 1. The van der Waals surface area contributed by atoms with Crippen LogP contribution in [0, 0.1) is 0 Å². The number of piperazine rings is 1. The summed E-state index contributed by atoms with van der Waals surface area (Å²) in [6.07, 6.45) is 0. The van der Waals surface area contributed by atoms with E-state index in [1.54, 1.807) is 13.8 Å². The minimum absolute atomic E-state index is 0.0352. The van der Waals surface area contributed by atoms with E-state index in [9.17, 15) is 9.59 Å². The molecule has 10 heteroatoms. The average Bonchev–Trinajstić information content (AvgIpc) is 2.42. The van der Waals surface area contributed by atoms with Gasteiger partial charge in [0, 0.05) is 0 Å². The topological polar surface area (TPSA) is 135 Å². The molecule has 108 valence electrons. The maximum atomic E-state index is 11.6. The fourth-order valence-corrected chi connectivity index (χ4v) is 1.69. The van der Waals surface area contributed by atoms with Crippen molar-refractivity contribution >= 4 is 23.7 Å². The number of amides is 2. The van der Waals surface area contributed by atoms with E-state index in [2.05, 4.69) is 25.7 Å². The molecular weight excluding hydrogens is 266 g/mol. The van der Waals surface area contributed by atoms with Gasteiger partial charge in [0.15, 0.2) is 0 Å². The normalized spacial score (nSPS) is 18.8. The summed E-state index contributed by atoms with van der Waals surface area (Å²) >= 11 is 0. The standard InChI is InChI=1S/C10H15N7O3/c1-3-20-10-14-8(16-11)13-9(15-10)17-4-6(18)12-7(19)5(17)2/h5H,3-4,11H2,1-2H3,(H,12,18,19)(H,13,14,15,16). The van der Waals surface area contributed by atoms with E-state index in [0.717, 1.165) is 0 Å². The Hall–Kier alpha value is -2.49. The van der Waals surface area contributed by atoms with E-state index >= 15 is 0 Å². The zero-order valence-corrected chi connectivity index (χ0v) is 11.1. The summed E-state index contributed by atoms with van der Waals surface area (Å²) in [6, 6.07) is -0.522. The second-order valence-electron chi connectivity index (χ2n) is 4.04. The minimum Gasteiger partial charge on any atom is -0.464 e. The van der Waals surface area contributed by atoms with Crippen LogP contribution in [-0.4, -0.2) is 46.0 Å². The number of carbonyl (C=O) groups is 2. The van der Waals surface area contributed by atoms with Gasteiger partial charge in [0.25, 0.3) is 0 Å². The van der Waals surface area contributed by atoms with E-state index in [0.29, 0.717) is 6.61 Å². The molecule has 10 nitrogen and oxygen atoms in total. The third-order valence-corrected chi connectivity index (χ3v) is 2.69. The molecule has 0 radical (unpaired) electrons. The first kappa shape index (κ1) is 13.9. The summed E-state index contributed by atoms with van der Waals surface area (Å²) in [5.74, 6) is 4.67. The fraction of sp³-hybridized carbons (Fsp3) is 0.500. The van der Waals surface area contributed by atoms with E-state index in [1.807, 2.05) is 0 Å². The zero-order valence-electron chi connectivity index (χ0n) is 11.1. The van der Waals surface area contributed by atoms with Crippen LogP contribution in [0.5, 0.6) is 6.01 Å². The number of aromatic nitrogens is 3. The highest BCUT2D eigenvalue weighted by molar-refractivity contribution is 6.04. The third kappa shape index (κ3) is 2.74. The second-order valence-corrected chi connectivity index (χ2v) is 4.04. The van der Waals surface area contributed by atoms with Crippen molar-refractivity contribution in [2.45, 2.75) is 19.9 Å². The number of nitrogens with two attached hydrogens (primary N) is 1. The largest absolute Gasteiger partial charge is 0.464 e. The number of ether oxygens (including phenoxy) is 1. The van der Waals surface area contributed by atoms with Crippen LogP contribution in [-0.2, 0) is 9.59 Å². The van der Waals surface area contributed by atoms with Crippen LogP contribution in [0.1, 0.15) is 13.8 Å². The lowest BCUT2D eigenvalue weighted by Crippen LogP contribution is -2.57. The first-order chi connectivity index (χ1) is 9.55. The Morgan fingerprint density at radius 2 is 2.20 bits per heavy atom. The maximum absolute atomic E-state index is 11.6. The van der Waals surface area contributed by atoms with E-state index in [-0.39, 0.29) is 24.5 Å². The Balaban J connectivity index is 2.36. The Kier molecular flexibility index (Phi) is 3.94. The predicted octanol–water partition coefficient (Wildman–Crippen LogP) is -1.59. The SMILES string of the molecule is CCOc1nc(NN)nc(N2CC(=O)NC(=O)C2C)n1. The lowest BCUT2D eigenvalue weighted by molar-refractivity contribution is -0.132. The van der Waals surface area contributed by atoms with Gasteiger partial charge in [-0.2, -0.15) is 15.0 Å². The molecule has 1 aromatic rings. The Bertz CT molecular complexity index is 536. The van der Waals surface area contributed by atoms with E-state index in [4.69, 9.17) is 10.6 Å². The summed E-state index contributed by atoms with van der Waals surface area (Å²) in [6.45, 7) is 3.75. The van der Waals surface area contributed by atoms with Gasteiger partial charge in [-0.25, -0.2) is 5.84 Å². The molecule has 1 fully saturated rings. The number of hydrazine groups is 1. The van der Waals surface area contributed by atoms with Crippen LogP contribution >= 0.6 is 0 Å². The molecule has 0 saturated carbocycles. The lowest BCUT2D eigenvalue weighted by atomic mass is 10.2. The van der Waals surface area contributed by atoms with Gasteiger partial charge in [-0.05, 0) is 13.8 Å². The molecule has 0 aromatic carbocycles. The molecule has 2 amide bonds. The van der Waals surface area contributed by atoms with Gasteiger partial charge in [-0.1, -0.05) is 0 Å². The fourth-order valence-electron chi connectivity index (χ4n) is 1.69. The molecule has 1 aromatic heterocycles. The van der Waals surface area contributed by atoms with Crippen molar-refractivity contribution in [1.82, 2.24) is 20.3 Å². The molecule has 2 rings (SSSR count). The smallest absolute Gasteiger partial charge is 0.323 e. The number of anilines is 2. The quantitative estimate of drug-likeness (QED) is 0.339. The van der Waals surface area contributed by atoms with Crippen molar-refractivity contribution in [2.75, 3.05) is 23.5 Å². The van der Waals surface area contributed by atoms with Gasteiger partial charge >= 0.3 is 6.01 Å². The van der Waals surface area contributed by atoms with Crippen LogP contribution in [0.3, 0.4) is 0 Å². The van der Waals surface area contributed by atoms with Gasteiger partial charge in [0.05, 0.1) is 6.61 Å². The lowest BCUT2D eigenvalue weighted by Gasteiger charge is -2.31. The zero-order chi connectivity index (χ0) is 14.7. The Labute approximate surface area is 114 Å². The monoisotopic (exact) mass is 281 g/mol. The van der Waals surface area contributed by atoms with Crippen LogP contribution < -0.4 is 26.2 Å². The third-order valence-electron chi connectivity index (χ3n) is 2.69. The summed E-state index contributed by atoms with van der Waals surface area (Å²) < 4.78 is 5.20. The first-order valence-corrected chi connectivity index (χ1v) is 6.01. The van der Waals surface area contributed by atoms with Gasteiger partial charge in [-0.15, -0.1) is 0 Å². The molecule has 1 saturated heterocycles. The Morgan fingerprint density at radius 1 is 1.45 bits per heavy atom. The van der Waals surface area contributed by atoms with Gasteiger partial charge in [0.2, 0.25) is 23.7 Å². The molecule has 0 aliphatic carbocycles. The highest BCUT2D eigenvalue weighted by atomic mass is 16.5. The van der Waals surface area contributed by atoms with Crippen molar-refractivity contribution < 1.29 is 14.3 Å². The van der Waals surface area contributed by atoms with Crippen LogP contribution in [0.2, 0.25) is 0 Å². The summed E-state index contributed by atoms with van der Waals surface area (Å²) in [5.41, 5.74) is 2.29. The van der Waals surface area contributed by atoms with Crippen molar-refractivity contribution in [3.05, 3.63) is 0 Å². The van der Waals surface area contributed by atoms with Gasteiger partial charge in [-0.3, -0.25) is 20.3 Å². The van der Waals surface area contributed by atoms with Crippen molar-refractivity contribution in [2.24, 2.45) is 5.84 Å². The number of carbonyl (C=O) groups excluding carboxylic acids is 2. The molecule has 0 spiro atoms. The summed E-state index contributed by atoms with van der Waals surface area (Å²) in [7, 11) is 0. The highest BCUT2D eigenvalue weighted by Crippen LogP contribution is 2.18. The molecular formula is C10H15N7O3. The van der Waals surface area contributed by atoms with E-state index < -0.39 is 17.9 Å². The van der Waals surface area contributed by atoms with Crippen LogP contribution in [0.4, 0.5) is 11.9 Å². The van der Waals surface area contributed by atoms with Crippen molar-refractivity contribution in [3.8, 4) is 6.01 Å². The number of nitrogens with zero attached hydrogens (tertiary/aromatic N) is 4. The van der Waals surface area contributed by atoms with Gasteiger partial charge in [0.1, 0.15) is 12.6 Å². The first-order valence-electron chi connectivity index (χ1n) is 6.01. The van der Waals surface area contributed by atoms with Crippen molar-refractivity contribution in [3.63, 3.8) is 0 Å². The molecule has 1 unspecified atom stereocenters. The minimum atomic E-state index is -0.588. The van der Waals surface area contributed by atoms with Crippen molar-refractivity contribution in [1.29, 1.82) is 0 Å². The molecule has 1 aliphatic rings. The molecule has 0 bridgehead atoms. The molecule has 20 heavy (non-hydrogen) atoms. The number of rotatable bonds is 4. The number of hydrogen-bond donors (Lipinski definition) is 3. The summed E-state index contributed by atoms with van der Waals surface area (Å²) in [5, 5.41) is 2.23. The number of hydrogen-bond acceptors (Lipinski definition) is 9. The summed E-state index contributed by atoms with van der Waals surface area (Å²) in [4.78, 5) is 36.5. The highest BCUT2D eigenvalue weighted by Gasteiger charge is 2.32. The number of nitrogens with one attached hydrogen (secondary N) is 2. The maximum Gasteiger partial charge on any atom is 0.323 e. The van der Waals surface area contributed by atoms with Crippen LogP contribution in [0.15, 0.2) is 0 Å². The molecule has 2 heterocycles. The average molecular weight is 281 g/mol. The molecule has 1 aliphatic heterocycles. The molecule has 1 atom stereocenters.